The van der Waals surface area contributed by atoms with Crippen molar-refractivity contribution in [3.05, 3.63) is 68.8 Å². The zero-order valence-electron chi connectivity index (χ0n) is 12.2. The van der Waals surface area contributed by atoms with Gasteiger partial charge >= 0.3 is 6.09 Å². The van der Waals surface area contributed by atoms with Gasteiger partial charge in [0.1, 0.15) is 12.4 Å². The Labute approximate surface area is 144 Å². The molecule has 1 N–H and O–H groups in total. The maximum absolute atomic E-state index is 12.3. The number of benzene rings is 2. The lowest BCUT2D eigenvalue weighted by atomic mass is 10.2. The Bertz CT molecular complexity index is 951. The molecule has 3 aromatic rings. The van der Waals surface area contributed by atoms with Crippen molar-refractivity contribution >= 4 is 38.6 Å². The molecule has 0 fully saturated rings. The van der Waals surface area contributed by atoms with E-state index in [4.69, 9.17) is 4.74 Å². The van der Waals surface area contributed by atoms with Gasteiger partial charge in [-0.2, -0.15) is 0 Å². The van der Waals surface area contributed by atoms with E-state index in [1.165, 1.54) is 18.3 Å². The number of rotatable bonds is 3. The van der Waals surface area contributed by atoms with E-state index in [1.54, 1.807) is 30.3 Å². The van der Waals surface area contributed by atoms with Crippen molar-refractivity contribution in [3.8, 4) is 5.75 Å². The summed E-state index contributed by atoms with van der Waals surface area (Å²) >= 11 is 3.30. The second-order valence-electron chi connectivity index (χ2n) is 4.99. The van der Waals surface area contributed by atoms with Gasteiger partial charge in [-0.1, -0.05) is 28.1 Å². The molecule has 122 valence electrons. The number of nitrogens with zero attached hydrogens (tertiary/aromatic N) is 2. The average Bonchev–Trinajstić information content (AvgIpc) is 2.89. The molecule has 3 rings (SSSR count). The lowest BCUT2D eigenvalue weighted by Crippen LogP contribution is -2.12. The first-order chi connectivity index (χ1) is 11.5. The average molecular weight is 391 g/mol. The van der Waals surface area contributed by atoms with Crippen LogP contribution in [0.25, 0.3) is 10.9 Å². The number of halogens is 1. The first kappa shape index (κ1) is 16.0. The maximum atomic E-state index is 12.3. The summed E-state index contributed by atoms with van der Waals surface area (Å²) in [7, 11) is 0. The lowest BCUT2D eigenvalue weighted by molar-refractivity contribution is -0.385. The molecule has 0 amide bonds. The smallest absolute Gasteiger partial charge is 0.418 e. The minimum atomic E-state index is -0.735. The highest BCUT2D eigenvalue weighted by Gasteiger charge is 2.17. The zero-order chi connectivity index (χ0) is 17.3. The molecule has 24 heavy (non-hydrogen) atoms. The van der Waals surface area contributed by atoms with Gasteiger partial charge in [-0.15, -0.1) is 0 Å². The molecule has 0 saturated heterocycles. The topological polar surface area (TPSA) is 94.6 Å². The summed E-state index contributed by atoms with van der Waals surface area (Å²) in [5.41, 5.74) is 0.650. The Morgan fingerprint density at radius 2 is 2.04 bits per heavy atom. The predicted molar refractivity (Wildman–Crippen MR) is 90.0 cm³/mol. The number of hydrogen-bond donors (Lipinski definition) is 1. The molecule has 0 saturated carbocycles. The van der Waals surface area contributed by atoms with Crippen molar-refractivity contribution in [3.63, 3.8) is 0 Å². The summed E-state index contributed by atoms with van der Waals surface area (Å²) in [6, 6.07) is 11.1. The molecule has 0 aliphatic heterocycles. The van der Waals surface area contributed by atoms with Crippen molar-refractivity contribution in [1.82, 2.24) is 4.57 Å². The first-order valence-corrected chi connectivity index (χ1v) is 7.65. The number of nitro benzene ring substituents is 1. The van der Waals surface area contributed by atoms with E-state index in [2.05, 4.69) is 15.9 Å². The molecule has 0 radical (unpaired) electrons. The quantitative estimate of drug-likeness (QED) is 0.533. The van der Waals surface area contributed by atoms with Crippen molar-refractivity contribution in [1.29, 1.82) is 0 Å². The highest BCUT2D eigenvalue weighted by molar-refractivity contribution is 9.10. The van der Waals surface area contributed by atoms with Crippen LogP contribution < -0.4 is 0 Å². The minimum Gasteiger partial charge on any atom is -0.506 e. The number of para-hydroxylation sites is 1. The Hall–Kier alpha value is -2.87. The summed E-state index contributed by atoms with van der Waals surface area (Å²) in [6.07, 6.45) is 0.513. The Kier molecular flexibility index (Phi) is 4.22. The summed E-state index contributed by atoms with van der Waals surface area (Å²) in [5, 5.41) is 21.4. The molecule has 1 heterocycles. The van der Waals surface area contributed by atoms with E-state index in [-0.39, 0.29) is 18.0 Å². The Balaban J connectivity index is 1.85. The van der Waals surface area contributed by atoms with Gasteiger partial charge in [-0.05, 0) is 24.3 Å². The lowest BCUT2D eigenvalue weighted by Gasteiger charge is -2.07. The molecule has 0 unspecified atom stereocenters. The predicted octanol–water partition coefficient (Wildman–Crippen LogP) is 4.20. The standard InChI is InChI=1S/C16H11BrN2O5/c17-11-5-6-14-12(7-11)15(20)8-18(14)16(21)24-9-10-3-1-2-4-13(10)19(22)23/h1-8,20H,9H2. The largest absolute Gasteiger partial charge is 0.506 e. The van der Waals surface area contributed by atoms with Crippen LogP contribution in [0.2, 0.25) is 0 Å². The molecule has 0 aliphatic carbocycles. The van der Waals surface area contributed by atoms with Crippen molar-refractivity contribution in [2.45, 2.75) is 6.61 Å². The number of aromatic hydroxyl groups is 1. The first-order valence-electron chi connectivity index (χ1n) is 6.86. The van der Waals surface area contributed by atoms with Gasteiger partial charge in [0.15, 0.2) is 0 Å². The molecule has 2 aromatic carbocycles. The third kappa shape index (κ3) is 2.95. The molecule has 0 atom stereocenters. The van der Waals surface area contributed by atoms with E-state index in [9.17, 15) is 20.0 Å². The molecular formula is C16H11BrN2O5. The van der Waals surface area contributed by atoms with Crippen LogP contribution in [0.3, 0.4) is 0 Å². The fourth-order valence-electron chi connectivity index (χ4n) is 2.36. The Morgan fingerprint density at radius 1 is 1.29 bits per heavy atom. The molecule has 8 heteroatoms. The number of ether oxygens (including phenoxy) is 1. The second-order valence-corrected chi connectivity index (χ2v) is 5.90. The van der Waals surface area contributed by atoms with E-state index in [0.29, 0.717) is 16.5 Å². The van der Waals surface area contributed by atoms with Gasteiger partial charge in [0, 0.05) is 15.9 Å². The van der Waals surface area contributed by atoms with E-state index in [0.717, 1.165) is 9.04 Å². The highest BCUT2D eigenvalue weighted by Crippen LogP contribution is 2.30. The minimum absolute atomic E-state index is 0.0612. The molecule has 0 aliphatic rings. The normalized spacial score (nSPS) is 10.7. The van der Waals surface area contributed by atoms with Crippen LogP contribution in [0, 0.1) is 10.1 Å². The summed E-state index contributed by atoms with van der Waals surface area (Å²) < 4.78 is 7.07. The van der Waals surface area contributed by atoms with Crippen LogP contribution in [0.4, 0.5) is 10.5 Å². The second kappa shape index (κ2) is 6.32. The maximum Gasteiger partial charge on any atom is 0.418 e. The number of hydrogen-bond acceptors (Lipinski definition) is 5. The van der Waals surface area contributed by atoms with Crippen LogP contribution in [0.5, 0.6) is 5.75 Å². The van der Waals surface area contributed by atoms with Crippen LogP contribution in [0.15, 0.2) is 53.1 Å². The van der Waals surface area contributed by atoms with Crippen molar-refractivity contribution in [2.24, 2.45) is 0 Å². The number of carbonyl (C=O) groups excluding carboxylic acids is 1. The van der Waals surface area contributed by atoms with Crippen molar-refractivity contribution in [2.75, 3.05) is 0 Å². The molecular weight excluding hydrogens is 380 g/mol. The summed E-state index contributed by atoms with van der Waals surface area (Å²) in [4.78, 5) is 22.7. The molecule has 7 nitrogen and oxygen atoms in total. The van der Waals surface area contributed by atoms with Gasteiger partial charge in [0.25, 0.3) is 5.69 Å². The van der Waals surface area contributed by atoms with Crippen LogP contribution >= 0.6 is 15.9 Å². The van der Waals surface area contributed by atoms with Gasteiger partial charge in [-0.25, -0.2) is 9.36 Å². The third-order valence-electron chi connectivity index (χ3n) is 3.48. The van der Waals surface area contributed by atoms with Crippen LogP contribution in [0.1, 0.15) is 5.56 Å². The number of nitro groups is 1. The fourth-order valence-corrected chi connectivity index (χ4v) is 2.72. The number of carbonyl (C=O) groups is 1. The van der Waals surface area contributed by atoms with Gasteiger partial charge in [0.2, 0.25) is 0 Å². The fraction of sp³-hybridized carbons (Fsp3) is 0.0625. The number of fused-ring (bicyclic) bond motifs is 1. The monoisotopic (exact) mass is 390 g/mol. The summed E-state index contributed by atoms with van der Waals surface area (Å²) in [6.45, 7) is -0.243. The van der Waals surface area contributed by atoms with Crippen LogP contribution in [-0.2, 0) is 11.3 Å². The summed E-state index contributed by atoms with van der Waals surface area (Å²) in [5.74, 6) is -0.0612. The van der Waals surface area contributed by atoms with E-state index >= 15 is 0 Å². The SMILES string of the molecule is O=C(OCc1ccccc1[N+](=O)[O-])n1cc(O)c2cc(Br)ccc21. The van der Waals surface area contributed by atoms with Crippen molar-refractivity contribution < 1.29 is 19.6 Å². The highest BCUT2D eigenvalue weighted by atomic mass is 79.9. The molecule has 1 aromatic heterocycles. The van der Waals surface area contributed by atoms with E-state index in [1.807, 2.05) is 0 Å². The molecule has 0 bridgehead atoms. The third-order valence-corrected chi connectivity index (χ3v) is 3.97. The van der Waals surface area contributed by atoms with E-state index < -0.39 is 11.0 Å². The Morgan fingerprint density at radius 3 is 2.79 bits per heavy atom. The van der Waals surface area contributed by atoms with Gasteiger partial charge in [-0.3, -0.25) is 10.1 Å². The molecule has 0 spiro atoms. The van der Waals surface area contributed by atoms with Gasteiger partial charge in [0.05, 0.1) is 22.2 Å². The zero-order valence-corrected chi connectivity index (χ0v) is 13.8. The van der Waals surface area contributed by atoms with Crippen LogP contribution in [-0.4, -0.2) is 20.7 Å². The van der Waals surface area contributed by atoms with Gasteiger partial charge < -0.3 is 9.84 Å². The number of aromatic nitrogens is 1.